The van der Waals surface area contributed by atoms with Crippen LogP contribution in [0.4, 0.5) is 8.78 Å². The molecule has 0 radical (unpaired) electrons. The first kappa shape index (κ1) is 27.9. The smallest absolute Gasteiger partial charge is 0.132 e. The Morgan fingerprint density at radius 2 is 1.05 bits per heavy atom. The van der Waals surface area contributed by atoms with Crippen molar-refractivity contribution < 1.29 is 8.78 Å². The predicted molar refractivity (Wildman–Crippen MR) is 172 cm³/mol. The van der Waals surface area contributed by atoms with Gasteiger partial charge in [-0.2, -0.15) is 0 Å². The minimum atomic E-state index is -0.177. The number of hydrogen-bond donors (Lipinski definition) is 0. The van der Waals surface area contributed by atoms with E-state index in [4.69, 9.17) is 0 Å². The molecule has 0 aliphatic rings. The van der Waals surface area contributed by atoms with Crippen molar-refractivity contribution in [1.29, 1.82) is 0 Å². The standard InChI is InChI=1S/C34H30F2N2S3/c1-3-5-7-21-9-11-23(27(35)19-21)29-15-17-31(39-29)25-13-14-26(34-33(25)37-38-41-34)32-18-16-30(40-32)24-12-10-22(8-6-4-2)20-28(24)36/h9-20H,3-8H2,1-2H3. The number of rotatable bonds is 10. The molecule has 0 fully saturated rings. The molecule has 0 aliphatic carbocycles. The summed E-state index contributed by atoms with van der Waals surface area (Å²) < 4.78 is 35.3. The monoisotopic (exact) mass is 600 g/mol. The second-order valence-corrected chi connectivity index (χ2v) is 13.2. The molecule has 0 spiro atoms. The van der Waals surface area contributed by atoms with Crippen LogP contribution in [0.5, 0.6) is 0 Å². The Kier molecular flexibility index (Phi) is 8.37. The molecule has 208 valence electrons. The van der Waals surface area contributed by atoms with Crippen molar-refractivity contribution in [3.8, 4) is 41.8 Å². The largest absolute Gasteiger partial charge is 0.206 e. The van der Waals surface area contributed by atoms with Gasteiger partial charge in [0, 0.05) is 41.8 Å². The number of hydrogen-bond acceptors (Lipinski definition) is 5. The van der Waals surface area contributed by atoms with Crippen LogP contribution >= 0.6 is 34.2 Å². The van der Waals surface area contributed by atoms with Crippen LogP contribution in [-0.4, -0.2) is 9.59 Å². The Labute approximate surface area is 251 Å². The fourth-order valence-electron chi connectivity index (χ4n) is 5.10. The molecule has 0 N–H and O–H groups in total. The van der Waals surface area contributed by atoms with Gasteiger partial charge in [-0.15, -0.1) is 27.8 Å². The summed E-state index contributed by atoms with van der Waals surface area (Å²) >= 11 is 4.51. The molecular formula is C34H30F2N2S3. The lowest BCUT2D eigenvalue weighted by Crippen LogP contribution is -1.88. The molecule has 0 atom stereocenters. The zero-order valence-electron chi connectivity index (χ0n) is 23.0. The number of fused-ring (bicyclic) bond motifs is 1. The van der Waals surface area contributed by atoms with E-state index < -0.39 is 0 Å². The van der Waals surface area contributed by atoms with Gasteiger partial charge in [-0.25, -0.2) is 8.78 Å². The van der Waals surface area contributed by atoms with E-state index in [1.807, 2.05) is 42.5 Å². The van der Waals surface area contributed by atoms with Gasteiger partial charge in [-0.1, -0.05) is 67.6 Å². The van der Waals surface area contributed by atoms with Crippen molar-refractivity contribution in [3.05, 3.63) is 95.6 Å². The molecule has 0 unspecified atom stereocenters. The van der Waals surface area contributed by atoms with E-state index in [-0.39, 0.29) is 11.6 Å². The van der Waals surface area contributed by atoms with Crippen LogP contribution in [0.3, 0.4) is 0 Å². The van der Waals surface area contributed by atoms with Crippen molar-refractivity contribution >= 4 is 44.4 Å². The predicted octanol–water partition coefficient (Wildman–Crippen LogP) is 11.4. The van der Waals surface area contributed by atoms with Gasteiger partial charge in [0.1, 0.15) is 17.2 Å². The van der Waals surface area contributed by atoms with Crippen molar-refractivity contribution in [2.45, 2.75) is 52.4 Å². The fourth-order valence-corrected chi connectivity index (χ4v) is 8.01. The van der Waals surface area contributed by atoms with Crippen LogP contribution in [0.25, 0.3) is 52.0 Å². The van der Waals surface area contributed by atoms with Gasteiger partial charge in [0.2, 0.25) is 0 Å². The molecule has 3 heterocycles. The quantitative estimate of drug-likeness (QED) is 0.156. The molecule has 3 aromatic heterocycles. The maximum Gasteiger partial charge on any atom is 0.132 e. The maximum atomic E-state index is 15.0. The number of thiophene rings is 2. The zero-order valence-corrected chi connectivity index (χ0v) is 25.5. The van der Waals surface area contributed by atoms with E-state index in [9.17, 15) is 0 Å². The van der Waals surface area contributed by atoms with Gasteiger partial charge < -0.3 is 0 Å². The molecule has 41 heavy (non-hydrogen) atoms. The average molecular weight is 601 g/mol. The summed E-state index contributed by atoms with van der Waals surface area (Å²) in [6, 6.07) is 23.4. The number of halogens is 2. The number of aromatic nitrogens is 2. The van der Waals surface area contributed by atoms with E-state index >= 15 is 8.78 Å². The normalized spacial score (nSPS) is 11.5. The number of aryl methyl sites for hydroxylation is 2. The van der Waals surface area contributed by atoms with E-state index in [2.05, 4.69) is 41.6 Å². The summed E-state index contributed by atoms with van der Waals surface area (Å²) in [7, 11) is 0. The molecule has 6 aromatic rings. The lowest BCUT2D eigenvalue weighted by Gasteiger charge is -2.06. The second-order valence-electron chi connectivity index (χ2n) is 10.3. The first-order valence-corrected chi connectivity index (χ1v) is 16.5. The first-order chi connectivity index (χ1) is 20.1. The lowest BCUT2D eigenvalue weighted by atomic mass is 10.0. The van der Waals surface area contributed by atoms with E-state index in [0.29, 0.717) is 11.1 Å². The topological polar surface area (TPSA) is 25.8 Å². The third-order valence-electron chi connectivity index (χ3n) is 7.38. The van der Waals surface area contributed by atoms with Crippen molar-refractivity contribution in [2.24, 2.45) is 0 Å². The molecule has 2 nitrogen and oxygen atoms in total. The summed E-state index contributed by atoms with van der Waals surface area (Å²) in [6.45, 7) is 4.29. The van der Waals surface area contributed by atoms with E-state index in [1.165, 1.54) is 11.5 Å². The Bertz CT molecular complexity index is 1680. The third-order valence-corrected chi connectivity index (χ3v) is 10.4. The first-order valence-electron chi connectivity index (χ1n) is 14.1. The van der Waals surface area contributed by atoms with Crippen LogP contribution in [0.2, 0.25) is 0 Å². The minimum Gasteiger partial charge on any atom is -0.206 e. The summed E-state index contributed by atoms with van der Waals surface area (Å²) in [4.78, 5) is 3.87. The van der Waals surface area contributed by atoms with Gasteiger partial charge >= 0.3 is 0 Å². The van der Waals surface area contributed by atoms with Gasteiger partial charge in [0.05, 0.1) is 4.70 Å². The fraction of sp³-hybridized carbons (Fsp3) is 0.235. The molecule has 0 bridgehead atoms. The van der Waals surface area contributed by atoms with Crippen LogP contribution in [-0.2, 0) is 12.8 Å². The summed E-state index contributed by atoms with van der Waals surface area (Å²) in [5.74, 6) is -0.351. The molecule has 0 saturated carbocycles. The Morgan fingerprint density at radius 3 is 1.56 bits per heavy atom. The Morgan fingerprint density at radius 1 is 0.585 bits per heavy atom. The van der Waals surface area contributed by atoms with Crippen LogP contribution in [0, 0.1) is 11.6 Å². The van der Waals surface area contributed by atoms with Gasteiger partial charge in [-0.3, -0.25) is 0 Å². The number of unbranched alkanes of at least 4 members (excludes halogenated alkanes) is 2. The highest BCUT2D eigenvalue weighted by atomic mass is 32.1. The minimum absolute atomic E-state index is 0.174. The number of nitrogens with zero attached hydrogens (tertiary/aromatic N) is 2. The molecular weight excluding hydrogens is 571 g/mol. The lowest BCUT2D eigenvalue weighted by molar-refractivity contribution is 0.627. The Balaban J connectivity index is 1.29. The van der Waals surface area contributed by atoms with Crippen LogP contribution in [0.1, 0.15) is 50.7 Å². The highest BCUT2D eigenvalue weighted by Gasteiger charge is 2.18. The van der Waals surface area contributed by atoms with Crippen molar-refractivity contribution in [1.82, 2.24) is 9.59 Å². The molecule has 0 aliphatic heterocycles. The third kappa shape index (κ3) is 5.76. The number of benzene rings is 3. The van der Waals surface area contributed by atoms with E-state index in [1.54, 1.807) is 34.8 Å². The van der Waals surface area contributed by atoms with E-state index in [0.717, 1.165) is 90.5 Å². The maximum absolute atomic E-state index is 15.0. The van der Waals surface area contributed by atoms with Gasteiger partial charge in [-0.05, 0) is 84.7 Å². The molecule has 7 heteroatoms. The zero-order chi connectivity index (χ0) is 28.3. The van der Waals surface area contributed by atoms with Gasteiger partial charge in [0.25, 0.3) is 0 Å². The van der Waals surface area contributed by atoms with Crippen LogP contribution < -0.4 is 0 Å². The summed E-state index contributed by atoms with van der Waals surface area (Å²) in [5.41, 5.74) is 6.20. The van der Waals surface area contributed by atoms with Gasteiger partial charge in [0.15, 0.2) is 0 Å². The Hall–Kier alpha value is -3.26. The SMILES string of the molecule is CCCCc1ccc(-c2ccc(-c3ccc(-c4ccc(-c5ccc(CCCC)cc5F)s4)c4snnc34)s2)c(F)c1. The average Bonchev–Trinajstić information content (AvgIpc) is 3.76. The molecule has 0 amide bonds. The molecule has 0 saturated heterocycles. The summed E-state index contributed by atoms with van der Waals surface area (Å²) in [6.07, 6.45) is 6.11. The highest BCUT2D eigenvalue weighted by Crippen LogP contribution is 2.44. The van der Waals surface area contributed by atoms with Crippen molar-refractivity contribution in [2.75, 3.05) is 0 Å². The molecule has 3 aromatic carbocycles. The van der Waals surface area contributed by atoms with Crippen molar-refractivity contribution in [3.63, 3.8) is 0 Å². The second kappa shape index (κ2) is 12.3. The highest BCUT2D eigenvalue weighted by molar-refractivity contribution is 7.20. The molecule has 6 rings (SSSR count). The summed E-state index contributed by atoms with van der Waals surface area (Å²) in [5, 5.41) is 4.48. The van der Waals surface area contributed by atoms with Crippen LogP contribution in [0.15, 0.2) is 72.8 Å².